The molecule has 0 saturated heterocycles. The third kappa shape index (κ3) is 5.28. The Kier molecular flexibility index (Phi) is 6.24. The number of hydrogen-bond acceptors (Lipinski definition) is 4. The van der Waals surface area contributed by atoms with Crippen LogP contribution in [-0.2, 0) is 13.2 Å². The molecule has 0 radical (unpaired) electrons. The first kappa shape index (κ1) is 20.2. The summed E-state index contributed by atoms with van der Waals surface area (Å²) in [6.07, 6.45) is 1.67. The summed E-state index contributed by atoms with van der Waals surface area (Å²) < 4.78 is 11.5. The second kappa shape index (κ2) is 9.59. The number of carboxylic acids is 1. The van der Waals surface area contributed by atoms with Gasteiger partial charge in [-0.1, -0.05) is 66.7 Å². The molecular formula is C26H21NO4. The van der Waals surface area contributed by atoms with Crippen molar-refractivity contribution < 1.29 is 19.4 Å². The third-order valence-corrected chi connectivity index (χ3v) is 4.75. The number of hydrogen-bond donors (Lipinski definition) is 1. The van der Waals surface area contributed by atoms with Crippen LogP contribution in [0.5, 0.6) is 11.6 Å². The molecule has 0 aliphatic carbocycles. The predicted molar refractivity (Wildman–Crippen MR) is 118 cm³/mol. The van der Waals surface area contributed by atoms with Crippen LogP contribution in [0.4, 0.5) is 0 Å². The van der Waals surface area contributed by atoms with Gasteiger partial charge >= 0.3 is 5.97 Å². The largest absolute Gasteiger partial charge is 0.488 e. The molecule has 154 valence electrons. The zero-order chi connectivity index (χ0) is 21.5. The van der Waals surface area contributed by atoms with Crippen LogP contribution >= 0.6 is 0 Å². The van der Waals surface area contributed by atoms with Gasteiger partial charge in [0.1, 0.15) is 24.5 Å². The first-order valence-corrected chi connectivity index (χ1v) is 9.86. The lowest BCUT2D eigenvalue weighted by atomic mass is 10.0. The molecule has 5 heteroatoms. The zero-order valence-corrected chi connectivity index (χ0v) is 16.8. The predicted octanol–water partition coefficient (Wildman–Crippen LogP) is 5.60. The summed E-state index contributed by atoms with van der Waals surface area (Å²) in [5, 5.41) is 9.64. The number of benzene rings is 3. The Hall–Kier alpha value is -4.12. The number of carboxylic acid groups (broad SMARTS) is 1. The van der Waals surface area contributed by atoms with Gasteiger partial charge in [0, 0.05) is 17.8 Å². The highest BCUT2D eigenvalue weighted by Crippen LogP contribution is 2.28. The van der Waals surface area contributed by atoms with Gasteiger partial charge < -0.3 is 14.6 Å². The van der Waals surface area contributed by atoms with Crippen molar-refractivity contribution in [1.29, 1.82) is 0 Å². The topological polar surface area (TPSA) is 68.7 Å². The fourth-order valence-corrected chi connectivity index (χ4v) is 3.11. The molecule has 0 saturated carbocycles. The number of aromatic carboxylic acids is 1. The number of carbonyl (C=O) groups is 1. The third-order valence-electron chi connectivity index (χ3n) is 4.75. The highest BCUT2D eigenvalue weighted by molar-refractivity contribution is 5.92. The van der Waals surface area contributed by atoms with E-state index in [1.54, 1.807) is 24.4 Å². The minimum Gasteiger partial charge on any atom is -0.488 e. The smallest absolute Gasteiger partial charge is 0.339 e. The van der Waals surface area contributed by atoms with Crippen molar-refractivity contribution in [2.24, 2.45) is 0 Å². The van der Waals surface area contributed by atoms with Crippen molar-refractivity contribution in [2.45, 2.75) is 13.2 Å². The Morgan fingerprint density at radius 1 is 0.742 bits per heavy atom. The molecule has 0 bridgehead atoms. The molecule has 1 heterocycles. The van der Waals surface area contributed by atoms with E-state index in [4.69, 9.17) is 9.47 Å². The summed E-state index contributed by atoms with van der Waals surface area (Å²) in [6, 6.07) is 28.2. The molecule has 0 spiro atoms. The number of rotatable bonds is 8. The maximum absolute atomic E-state index is 11.8. The Bertz CT molecular complexity index is 1140. The van der Waals surface area contributed by atoms with Gasteiger partial charge in [0.25, 0.3) is 0 Å². The lowest BCUT2D eigenvalue weighted by Crippen LogP contribution is -2.04. The van der Waals surface area contributed by atoms with Gasteiger partial charge in [-0.15, -0.1) is 0 Å². The molecule has 1 N–H and O–H groups in total. The second-order valence-electron chi connectivity index (χ2n) is 6.95. The molecule has 0 aliphatic heterocycles. The van der Waals surface area contributed by atoms with Crippen LogP contribution in [0.3, 0.4) is 0 Å². The number of nitrogens with zero attached hydrogens (tertiary/aromatic N) is 1. The lowest BCUT2D eigenvalue weighted by molar-refractivity contribution is 0.0692. The molecule has 0 unspecified atom stereocenters. The monoisotopic (exact) mass is 411 g/mol. The Morgan fingerprint density at radius 3 is 1.94 bits per heavy atom. The van der Waals surface area contributed by atoms with Crippen LogP contribution in [0.25, 0.3) is 11.1 Å². The Balaban J connectivity index is 1.47. The lowest BCUT2D eigenvalue weighted by Gasteiger charge is -2.11. The van der Waals surface area contributed by atoms with Crippen LogP contribution in [0, 0.1) is 0 Å². The van der Waals surface area contributed by atoms with E-state index < -0.39 is 5.97 Å². The molecule has 31 heavy (non-hydrogen) atoms. The van der Waals surface area contributed by atoms with Gasteiger partial charge in [-0.05, 0) is 34.9 Å². The van der Waals surface area contributed by atoms with Crippen LogP contribution in [0.15, 0.2) is 97.2 Å². The fourth-order valence-electron chi connectivity index (χ4n) is 3.11. The highest BCUT2D eigenvalue weighted by Gasteiger charge is 2.14. The van der Waals surface area contributed by atoms with E-state index >= 15 is 0 Å². The van der Waals surface area contributed by atoms with E-state index in [9.17, 15) is 9.90 Å². The normalized spacial score (nSPS) is 10.5. The van der Waals surface area contributed by atoms with Crippen molar-refractivity contribution >= 4 is 5.97 Å². The van der Waals surface area contributed by atoms with Gasteiger partial charge in [0.05, 0.1) is 0 Å². The first-order chi connectivity index (χ1) is 15.2. The number of pyridine rings is 1. The van der Waals surface area contributed by atoms with Crippen molar-refractivity contribution in [1.82, 2.24) is 4.98 Å². The number of aromatic nitrogens is 1. The molecular weight excluding hydrogens is 390 g/mol. The molecule has 5 nitrogen and oxygen atoms in total. The molecule has 3 aromatic carbocycles. The molecule has 0 aliphatic rings. The summed E-state index contributed by atoms with van der Waals surface area (Å²) in [5.74, 6) is -0.203. The minimum absolute atomic E-state index is 0.109. The van der Waals surface area contributed by atoms with E-state index in [2.05, 4.69) is 4.98 Å². The number of ether oxygens (including phenoxy) is 2. The van der Waals surface area contributed by atoms with E-state index in [1.807, 2.05) is 72.8 Å². The van der Waals surface area contributed by atoms with Crippen molar-refractivity contribution in [2.75, 3.05) is 0 Å². The molecule has 0 fully saturated rings. The summed E-state index contributed by atoms with van der Waals surface area (Å²) >= 11 is 0. The standard InChI is InChI=1S/C26H21NO4/c28-26(29)23-15-21(11-13-24(23)30-17-19-7-3-1-4-8-19)22-12-14-25(27-16-22)31-18-20-9-5-2-6-10-20/h1-16H,17-18H2,(H,28,29). The summed E-state index contributed by atoms with van der Waals surface area (Å²) in [4.78, 5) is 16.1. The first-order valence-electron chi connectivity index (χ1n) is 9.86. The maximum Gasteiger partial charge on any atom is 0.339 e. The van der Waals surface area contributed by atoms with Gasteiger partial charge in [0.2, 0.25) is 5.88 Å². The van der Waals surface area contributed by atoms with E-state index in [-0.39, 0.29) is 5.56 Å². The average molecular weight is 411 g/mol. The fraction of sp³-hybridized carbons (Fsp3) is 0.0769. The quantitative estimate of drug-likeness (QED) is 0.408. The SMILES string of the molecule is O=C(O)c1cc(-c2ccc(OCc3ccccc3)nc2)ccc1OCc1ccccc1. The van der Waals surface area contributed by atoms with Gasteiger partial charge in [-0.3, -0.25) is 0 Å². The van der Waals surface area contributed by atoms with Crippen molar-refractivity contribution in [3.05, 3.63) is 114 Å². The Morgan fingerprint density at radius 2 is 1.35 bits per heavy atom. The van der Waals surface area contributed by atoms with E-state index in [0.717, 1.165) is 22.3 Å². The van der Waals surface area contributed by atoms with E-state index in [1.165, 1.54) is 0 Å². The van der Waals surface area contributed by atoms with Crippen LogP contribution in [0.2, 0.25) is 0 Å². The molecule has 4 aromatic rings. The van der Waals surface area contributed by atoms with Gasteiger partial charge in [-0.2, -0.15) is 0 Å². The summed E-state index contributed by atoms with van der Waals surface area (Å²) in [5.41, 5.74) is 3.68. The van der Waals surface area contributed by atoms with E-state index in [0.29, 0.717) is 24.8 Å². The average Bonchev–Trinajstić information content (AvgIpc) is 2.83. The Labute approximate surface area is 180 Å². The summed E-state index contributed by atoms with van der Waals surface area (Å²) in [6.45, 7) is 0.735. The van der Waals surface area contributed by atoms with Crippen LogP contribution in [-0.4, -0.2) is 16.1 Å². The maximum atomic E-state index is 11.8. The van der Waals surface area contributed by atoms with Gasteiger partial charge in [-0.25, -0.2) is 9.78 Å². The summed E-state index contributed by atoms with van der Waals surface area (Å²) in [7, 11) is 0. The van der Waals surface area contributed by atoms with Gasteiger partial charge in [0.15, 0.2) is 0 Å². The van der Waals surface area contributed by atoms with Crippen LogP contribution in [0.1, 0.15) is 21.5 Å². The zero-order valence-electron chi connectivity index (χ0n) is 16.8. The molecule has 0 atom stereocenters. The van der Waals surface area contributed by atoms with Crippen LogP contribution < -0.4 is 9.47 Å². The van der Waals surface area contributed by atoms with Crippen molar-refractivity contribution in [3.8, 4) is 22.8 Å². The molecule has 0 amide bonds. The highest BCUT2D eigenvalue weighted by atomic mass is 16.5. The second-order valence-corrected chi connectivity index (χ2v) is 6.95. The molecule has 4 rings (SSSR count). The van der Waals surface area contributed by atoms with Crippen molar-refractivity contribution in [3.63, 3.8) is 0 Å². The molecule has 1 aromatic heterocycles. The minimum atomic E-state index is -1.04.